The van der Waals surface area contributed by atoms with E-state index in [1.165, 1.54) is 0 Å². The predicted molar refractivity (Wildman–Crippen MR) is 74.5 cm³/mol. The first-order valence-electron chi connectivity index (χ1n) is 6.34. The second-order valence-corrected chi connectivity index (χ2v) is 5.29. The van der Waals surface area contributed by atoms with Gasteiger partial charge in [0.1, 0.15) is 0 Å². The molecule has 2 bridgehead atoms. The Kier molecular flexibility index (Phi) is 3.96. The lowest BCUT2D eigenvalue weighted by Gasteiger charge is -2.23. The van der Waals surface area contributed by atoms with Crippen LogP contribution in [0.15, 0.2) is 24.5 Å². The standard InChI is InChI=1S/C13H18N4O.ClH/c1-17-7-8(6-16-17)5-15-13(18)11-9-2-3-10(4-9)12(11)14;/h2-3,6-7,9-12H,4-5,14H2,1H3,(H,15,18);1H/t9-,10+,11-,12+;/m1./s1. The molecule has 0 unspecified atom stereocenters. The molecule has 1 saturated carbocycles. The number of carbonyl (C=O) groups is 1. The summed E-state index contributed by atoms with van der Waals surface area (Å²) in [5, 5.41) is 7.04. The van der Waals surface area contributed by atoms with Crippen molar-refractivity contribution in [2.24, 2.45) is 30.5 Å². The van der Waals surface area contributed by atoms with Crippen molar-refractivity contribution in [2.45, 2.75) is 19.0 Å². The topological polar surface area (TPSA) is 72.9 Å². The van der Waals surface area contributed by atoms with Crippen molar-refractivity contribution in [3.05, 3.63) is 30.1 Å². The number of rotatable bonds is 3. The third-order valence-electron chi connectivity index (χ3n) is 4.05. The number of aryl methyl sites for hydroxylation is 1. The van der Waals surface area contributed by atoms with Crippen LogP contribution in [0, 0.1) is 17.8 Å². The summed E-state index contributed by atoms with van der Waals surface area (Å²) in [6.07, 6.45) is 9.00. The van der Waals surface area contributed by atoms with Crippen molar-refractivity contribution >= 4 is 18.3 Å². The number of amides is 1. The number of hydrogen-bond donors (Lipinski definition) is 2. The van der Waals surface area contributed by atoms with Gasteiger partial charge < -0.3 is 11.1 Å². The number of nitrogens with two attached hydrogens (primary N) is 1. The normalized spacial score (nSPS) is 31.3. The zero-order chi connectivity index (χ0) is 12.7. The van der Waals surface area contributed by atoms with Crippen LogP contribution in [0.5, 0.6) is 0 Å². The molecule has 6 heteroatoms. The lowest BCUT2D eigenvalue weighted by Crippen LogP contribution is -2.43. The van der Waals surface area contributed by atoms with Crippen molar-refractivity contribution in [3.63, 3.8) is 0 Å². The predicted octanol–water partition coefficient (Wildman–Crippen LogP) is 0.607. The number of halogens is 1. The maximum absolute atomic E-state index is 12.2. The second kappa shape index (κ2) is 5.35. The van der Waals surface area contributed by atoms with Crippen LogP contribution >= 0.6 is 12.4 Å². The summed E-state index contributed by atoms with van der Waals surface area (Å²) in [7, 11) is 1.86. The quantitative estimate of drug-likeness (QED) is 0.798. The Bertz CT molecular complexity index is 499. The zero-order valence-corrected chi connectivity index (χ0v) is 11.6. The molecule has 1 fully saturated rings. The first kappa shape index (κ1) is 14.1. The van der Waals surface area contributed by atoms with E-state index in [1.807, 2.05) is 13.2 Å². The molecule has 1 heterocycles. The molecule has 1 amide bonds. The average molecular weight is 283 g/mol. The van der Waals surface area contributed by atoms with Crippen LogP contribution in [0.2, 0.25) is 0 Å². The molecule has 0 spiro atoms. The van der Waals surface area contributed by atoms with Crippen molar-refractivity contribution < 1.29 is 4.79 Å². The van der Waals surface area contributed by atoms with Gasteiger partial charge in [-0.1, -0.05) is 12.2 Å². The number of nitrogens with zero attached hydrogens (tertiary/aromatic N) is 2. The van der Waals surface area contributed by atoms with Crippen molar-refractivity contribution in [3.8, 4) is 0 Å². The Labute approximate surface area is 118 Å². The number of aromatic nitrogens is 2. The Morgan fingerprint density at radius 3 is 2.84 bits per heavy atom. The van der Waals surface area contributed by atoms with E-state index in [2.05, 4.69) is 22.6 Å². The Morgan fingerprint density at radius 1 is 1.53 bits per heavy atom. The monoisotopic (exact) mass is 282 g/mol. The molecule has 3 N–H and O–H groups in total. The maximum Gasteiger partial charge on any atom is 0.225 e. The Balaban J connectivity index is 0.00000133. The molecular formula is C13H19ClN4O. The molecule has 2 aliphatic rings. The molecular weight excluding hydrogens is 264 g/mol. The van der Waals surface area contributed by atoms with Gasteiger partial charge in [-0.05, 0) is 18.3 Å². The first-order valence-corrected chi connectivity index (χ1v) is 6.34. The van der Waals surface area contributed by atoms with Crippen LogP contribution in [0.3, 0.4) is 0 Å². The van der Waals surface area contributed by atoms with Gasteiger partial charge in [-0.3, -0.25) is 9.48 Å². The van der Waals surface area contributed by atoms with Gasteiger partial charge in [0.25, 0.3) is 0 Å². The summed E-state index contributed by atoms with van der Waals surface area (Å²) >= 11 is 0. The Hall–Kier alpha value is -1.33. The molecule has 19 heavy (non-hydrogen) atoms. The van der Waals surface area contributed by atoms with E-state index in [-0.39, 0.29) is 30.3 Å². The summed E-state index contributed by atoms with van der Waals surface area (Å²) in [5.74, 6) is 0.739. The highest BCUT2D eigenvalue weighted by Gasteiger charge is 2.46. The fraction of sp³-hybridized carbons (Fsp3) is 0.538. The summed E-state index contributed by atoms with van der Waals surface area (Å²) in [5.41, 5.74) is 7.12. The summed E-state index contributed by atoms with van der Waals surface area (Å²) < 4.78 is 1.73. The van der Waals surface area contributed by atoms with E-state index in [0.29, 0.717) is 18.4 Å². The fourth-order valence-corrected chi connectivity index (χ4v) is 3.10. The molecule has 0 aliphatic heterocycles. The zero-order valence-electron chi connectivity index (χ0n) is 10.8. The lowest BCUT2D eigenvalue weighted by molar-refractivity contribution is -0.126. The highest BCUT2D eigenvalue weighted by molar-refractivity contribution is 5.85. The van der Waals surface area contributed by atoms with Crippen molar-refractivity contribution in [1.29, 1.82) is 0 Å². The van der Waals surface area contributed by atoms with Gasteiger partial charge >= 0.3 is 0 Å². The van der Waals surface area contributed by atoms with Gasteiger partial charge in [0.05, 0.1) is 12.1 Å². The molecule has 3 rings (SSSR count). The van der Waals surface area contributed by atoms with Crippen molar-refractivity contribution in [1.82, 2.24) is 15.1 Å². The smallest absolute Gasteiger partial charge is 0.225 e. The minimum absolute atomic E-state index is 0. The van der Waals surface area contributed by atoms with E-state index < -0.39 is 0 Å². The van der Waals surface area contributed by atoms with Gasteiger partial charge in [-0.15, -0.1) is 12.4 Å². The minimum Gasteiger partial charge on any atom is -0.352 e. The third-order valence-corrected chi connectivity index (χ3v) is 4.05. The highest BCUT2D eigenvalue weighted by atomic mass is 35.5. The average Bonchev–Trinajstić information content (AvgIpc) is 3.02. The highest BCUT2D eigenvalue weighted by Crippen LogP contribution is 2.42. The molecule has 0 radical (unpaired) electrons. The molecule has 0 aromatic carbocycles. The molecule has 5 nitrogen and oxygen atoms in total. The maximum atomic E-state index is 12.2. The van der Waals surface area contributed by atoms with Crippen LogP contribution in [0.1, 0.15) is 12.0 Å². The third kappa shape index (κ3) is 2.53. The summed E-state index contributed by atoms with van der Waals surface area (Å²) in [6.45, 7) is 0.525. The van der Waals surface area contributed by atoms with Gasteiger partial charge in [0.15, 0.2) is 0 Å². The summed E-state index contributed by atoms with van der Waals surface area (Å²) in [4.78, 5) is 12.2. The van der Waals surface area contributed by atoms with E-state index in [4.69, 9.17) is 5.73 Å². The van der Waals surface area contributed by atoms with E-state index >= 15 is 0 Å². The largest absolute Gasteiger partial charge is 0.352 e. The van der Waals surface area contributed by atoms with Crippen LogP contribution in [0.4, 0.5) is 0 Å². The number of hydrogen-bond acceptors (Lipinski definition) is 3. The van der Waals surface area contributed by atoms with E-state index in [9.17, 15) is 4.79 Å². The minimum atomic E-state index is -0.0586. The SMILES string of the molecule is Cl.Cn1cc(CNC(=O)[C@H]2[C@@H](N)[C@H]3C=C[C@@H]2C3)cn1. The van der Waals surface area contributed by atoms with Gasteiger partial charge in [0, 0.05) is 31.4 Å². The number of fused-ring (bicyclic) bond motifs is 2. The van der Waals surface area contributed by atoms with Gasteiger partial charge in [0.2, 0.25) is 5.91 Å². The molecule has 4 atom stereocenters. The van der Waals surface area contributed by atoms with Gasteiger partial charge in [-0.2, -0.15) is 5.10 Å². The van der Waals surface area contributed by atoms with Crippen LogP contribution < -0.4 is 11.1 Å². The fourth-order valence-electron chi connectivity index (χ4n) is 3.10. The molecule has 104 valence electrons. The number of nitrogens with one attached hydrogen (secondary N) is 1. The first-order chi connectivity index (χ1) is 8.65. The Morgan fingerprint density at radius 2 is 2.26 bits per heavy atom. The summed E-state index contributed by atoms with van der Waals surface area (Å²) in [6, 6.07) is -0.0195. The van der Waals surface area contributed by atoms with Crippen molar-refractivity contribution in [2.75, 3.05) is 0 Å². The van der Waals surface area contributed by atoms with Crippen LogP contribution in [-0.4, -0.2) is 21.7 Å². The number of allylic oxidation sites excluding steroid dienone is 1. The molecule has 1 aromatic rings. The van der Waals surface area contributed by atoms with E-state index in [1.54, 1.807) is 10.9 Å². The lowest BCUT2D eigenvalue weighted by atomic mass is 9.89. The van der Waals surface area contributed by atoms with E-state index in [0.717, 1.165) is 12.0 Å². The molecule has 1 aromatic heterocycles. The second-order valence-electron chi connectivity index (χ2n) is 5.29. The van der Waals surface area contributed by atoms with Crippen LogP contribution in [-0.2, 0) is 18.4 Å². The molecule has 0 saturated heterocycles. The van der Waals surface area contributed by atoms with Gasteiger partial charge in [-0.25, -0.2) is 0 Å². The molecule has 2 aliphatic carbocycles. The number of carbonyl (C=O) groups excluding carboxylic acids is 1. The van der Waals surface area contributed by atoms with Crippen LogP contribution in [0.25, 0.3) is 0 Å².